The molecule has 2 rings (SSSR count). The van der Waals surface area contributed by atoms with Gasteiger partial charge in [0.1, 0.15) is 0 Å². The van der Waals surface area contributed by atoms with Gasteiger partial charge in [-0.2, -0.15) is 0 Å². The second kappa shape index (κ2) is 6.40. The average molecular weight is 282 g/mol. The highest BCUT2D eigenvalue weighted by Crippen LogP contribution is 2.19. The van der Waals surface area contributed by atoms with Crippen molar-refractivity contribution in [3.05, 3.63) is 28.8 Å². The van der Waals surface area contributed by atoms with Crippen LogP contribution in [0.3, 0.4) is 0 Å². The molecule has 1 aromatic carbocycles. The summed E-state index contributed by atoms with van der Waals surface area (Å²) in [7, 11) is 0. The van der Waals surface area contributed by atoms with Gasteiger partial charge in [-0.1, -0.05) is 24.6 Å². The highest BCUT2D eigenvalue weighted by atomic mass is 35.5. The largest absolute Gasteiger partial charge is 0.327 e. The zero-order valence-corrected chi connectivity index (χ0v) is 12.4. The van der Waals surface area contributed by atoms with E-state index in [4.69, 9.17) is 11.6 Å². The van der Waals surface area contributed by atoms with Crippen molar-refractivity contribution in [2.24, 2.45) is 5.92 Å². The first-order valence-corrected chi connectivity index (χ1v) is 7.32. The Balaban J connectivity index is 1.85. The smallest absolute Gasteiger partial charge is 0.279 e. The quantitative estimate of drug-likeness (QED) is 0.872. The van der Waals surface area contributed by atoms with Gasteiger partial charge in [0, 0.05) is 10.7 Å². The van der Waals surface area contributed by atoms with E-state index in [9.17, 15) is 4.79 Å². The van der Waals surface area contributed by atoms with E-state index in [2.05, 4.69) is 12.2 Å². The monoisotopic (exact) mass is 281 g/mol. The zero-order chi connectivity index (χ0) is 13.8. The molecule has 0 bridgehead atoms. The third kappa shape index (κ3) is 4.22. The number of piperidine rings is 1. The Bertz CT molecular complexity index is 453. The summed E-state index contributed by atoms with van der Waals surface area (Å²) in [5, 5.41) is 3.62. The van der Waals surface area contributed by atoms with Crippen LogP contribution in [0, 0.1) is 12.8 Å². The third-order valence-electron chi connectivity index (χ3n) is 3.85. The van der Waals surface area contributed by atoms with Gasteiger partial charge in [-0.3, -0.25) is 4.79 Å². The van der Waals surface area contributed by atoms with Crippen LogP contribution < -0.4 is 10.2 Å². The van der Waals surface area contributed by atoms with Gasteiger partial charge in [-0.15, -0.1) is 0 Å². The molecule has 1 aliphatic heterocycles. The van der Waals surface area contributed by atoms with Crippen molar-refractivity contribution in [2.75, 3.05) is 25.0 Å². The number of benzene rings is 1. The zero-order valence-electron chi connectivity index (χ0n) is 11.6. The van der Waals surface area contributed by atoms with E-state index >= 15 is 0 Å². The fourth-order valence-corrected chi connectivity index (χ4v) is 2.63. The lowest BCUT2D eigenvalue weighted by Crippen LogP contribution is -3.14. The van der Waals surface area contributed by atoms with Gasteiger partial charge in [0.25, 0.3) is 5.91 Å². The number of nitrogens with one attached hydrogen (secondary N) is 2. The Hall–Kier alpha value is -1.06. The maximum atomic E-state index is 12.0. The van der Waals surface area contributed by atoms with Crippen LogP contribution in [-0.2, 0) is 4.79 Å². The van der Waals surface area contributed by atoms with Crippen LogP contribution in [0.5, 0.6) is 0 Å². The van der Waals surface area contributed by atoms with Crippen LogP contribution in [-0.4, -0.2) is 25.5 Å². The van der Waals surface area contributed by atoms with Crippen LogP contribution in [0.25, 0.3) is 0 Å². The second-order valence-corrected chi connectivity index (χ2v) is 6.03. The molecule has 0 radical (unpaired) electrons. The van der Waals surface area contributed by atoms with Crippen molar-refractivity contribution in [3.63, 3.8) is 0 Å². The van der Waals surface area contributed by atoms with E-state index in [0.717, 1.165) is 30.3 Å². The van der Waals surface area contributed by atoms with Crippen LogP contribution in [0.2, 0.25) is 5.02 Å². The van der Waals surface area contributed by atoms with E-state index in [1.54, 1.807) is 0 Å². The predicted octanol–water partition coefficient (Wildman–Crippen LogP) is 1.90. The minimum Gasteiger partial charge on any atom is -0.327 e. The molecule has 0 aromatic heterocycles. The molecule has 0 unspecified atom stereocenters. The lowest BCUT2D eigenvalue weighted by molar-refractivity contribution is -0.897. The van der Waals surface area contributed by atoms with Gasteiger partial charge < -0.3 is 10.2 Å². The van der Waals surface area contributed by atoms with Gasteiger partial charge >= 0.3 is 0 Å². The minimum absolute atomic E-state index is 0.0736. The Kier molecular flexibility index (Phi) is 4.83. The molecule has 4 heteroatoms. The number of hydrogen-bond acceptors (Lipinski definition) is 1. The molecule has 3 nitrogen and oxygen atoms in total. The SMILES string of the molecule is Cc1ccc(NC(=O)C[NH+]2CCC(C)CC2)cc1Cl. The minimum atomic E-state index is 0.0736. The van der Waals surface area contributed by atoms with Crippen molar-refractivity contribution in [1.29, 1.82) is 0 Å². The molecule has 1 fully saturated rings. The molecule has 0 saturated carbocycles. The molecule has 0 atom stereocenters. The lowest BCUT2D eigenvalue weighted by atomic mass is 9.99. The number of amides is 1. The maximum absolute atomic E-state index is 12.0. The molecule has 1 saturated heterocycles. The molecule has 19 heavy (non-hydrogen) atoms. The van der Waals surface area contributed by atoms with Crippen molar-refractivity contribution in [2.45, 2.75) is 26.7 Å². The third-order valence-corrected chi connectivity index (χ3v) is 4.25. The maximum Gasteiger partial charge on any atom is 0.279 e. The number of halogens is 1. The number of aryl methyl sites for hydroxylation is 1. The van der Waals surface area contributed by atoms with Crippen LogP contribution in [0.15, 0.2) is 18.2 Å². The Morgan fingerprint density at radius 3 is 2.74 bits per heavy atom. The summed E-state index contributed by atoms with van der Waals surface area (Å²) in [6.07, 6.45) is 2.44. The van der Waals surface area contributed by atoms with Gasteiger partial charge in [0.15, 0.2) is 6.54 Å². The summed E-state index contributed by atoms with van der Waals surface area (Å²) < 4.78 is 0. The fraction of sp³-hybridized carbons (Fsp3) is 0.533. The van der Waals surface area contributed by atoms with Crippen molar-refractivity contribution in [1.82, 2.24) is 0 Å². The van der Waals surface area contributed by atoms with Crippen molar-refractivity contribution < 1.29 is 9.69 Å². The standard InChI is InChI=1S/C15H21ClN2O/c1-11-5-7-18(8-6-11)10-15(19)17-13-4-3-12(2)14(16)9-13/h3-4,9,11H,5-8,10H2,1-2H3,(H,17,19)/p+1. The highest BCUT2D eigenvalue weighted by molar-refractivity contribution is 6.31. The number of carbonyl (C=O) groups is 1. The van der Waals surface area contributed by atoms with Crippen LogP contribution >= 0.6 is 11.6 Å². The number of quaternary nitrogens is 1. The predicted molar refractivity (Wildman–Crippen MR) is 78.8 cm³/mol. The Morgan fingerprint density at radius 2 is 2.11 bits per heavy atom. The number of rotatable bonds is 3. The van der Waals surface area contributed by atoms with Crippen molar-refractivity contribution >= 4 is 23.2 Å². The summed E-state index contributed by atoms with van der Waals surface area (Å²) in [5.41, 5.74) is 1.81. The summed E-state index contributed by atoms with van der Waals surface area (Å²) >= 11 is 6.05. The number of hydrogen-bond donors (Lipinski definition) is 2. The van der Waals surface area contributed by atoms with Gasteiger partial charge in [0.05, 0.1) is 13.1 Å². The highest BCUT2D eigenvalue weighted by Gasteiger charge is 2.21. The molecule has 1 amide bonds. The van der Waals surface area contributed by atoms with E-state index in [1.165, 1.54) is 17.7 Å². The first-order valence-electron chi connectivity index (χ1n) is 6.94. The number of anilines is 1. The topological polar surface area (TPSA) is 33.5 Å². The van der Waals surface area contributed by atoms with E-state index < -0.39 is 0 Å². The van der Waals surface area contributed by atoms with E-state index in [0.29, 0.717) is 11.6 Å². The molecule has 1 heterocycles. The Morgan fingerprint density at radius 1 is 1.42 bits per heavy atom. The second-order valence-electron chi connectivity index (χ2n) is 5.62. The molecule has 1 aliphatic rings. The van der Waals surface area contributed by atoms with Crippen molar-refractivity contribution in [3.8, 4) is 0 Å². The summed E-state index contributed by atoms with van der Waals surface area (Å²) in [6.45, 7) is 6.99. The lowest BCUT2D eigenvalue weighted by Gasteiger charge is -2.26. The Labute approximate surface area is 119 Å². The van der Waals surface area contributed by atoms with Crippen LogP contribution in [0.1, 0.15) is 25.3 Å². The molecular formula is C15H22ClN2O+. The summed E-state index contributed by atoms with van der Waals surface area (Å²) in [6, 6.07) is 5.63. The molecular weight excluding hydrogens is 260 g/mol. The fourth-order valence-electron chi connectivity index (χ4n) is 2.45. The molecule has 0 aliphatic carbocycles. The molecule has 0 spiro atoms. The molecule has 1 aromatic rings. The number of likely N-dealkylation sites (tertiary alicyclic amines) is 1. The summed E-state index contributed by atoms with van der Waals surface area (Å²) in [5.74, 6) is 0.882. The van der Waals surface area contributed by atoms with Gasteiger partial charge in [-0.25, -0.2) is 0 Å². The first-order chi connectivity index (χ1) is 9.04. The average Bonchev–Trinajstić information content (AvgIpc) is 2.37. The number of carbonyl (C=O) groups excluding carboxylic acids is 1. The van der Waals surface area contributed by atoms with E-state index in [1.807, 2.05) is 25.1 Å². The summed E-state index contributed by atoms with van der Waals surface area (Å²) in [4.78, 5) is 13.4. The van der Waals surface area contributed by atoms with Crippen LogP contribution in [0.4, 0.5) is 5.69 Å². The van der Waals surface area contributed by atoms with Gasteiger partial charge in [-0.05, 0) is 43.4 Å². The van der Waals surface area contributed by atoms with Gasteiger partial charge in [0.2, 0.25) is 0 Å². The molecule has 104 valence electrons. The normalized spacial score (nSPS) is 23.1. The van der Waals surface area contributed by atoms with E-state index in [-0.39, 0.29) is 5.91 Å². The molecule has 2 N–H and O–H groups in total. The first kappa shape index (κ1) is 14.4.